The Kier molecular flexibility index (Phi) is 4.61. The predicted octanol–water partition coefficient (Wildman–Crippen LogP) is 3.89. The van der Waals surface area contributed by atoms with Crippen molar-refractivity contribution in [3.63, 3.8) is 0 Å². The molecule has 120 valence electrons. The van der Waals surface area contributed by atoms with Crippen molar-refractivity contribution in [2.45, 2.75) is 53.0 Å². The highest BCUT2D eigenvalue weighted by atomic mass is 16.4. The van der Waals surface area contributed by atoms with E-state index in [2.05, 4.69) is 33.8 Å². The highest BCUT2D eigenvalue weighted by molar-refractivity contribution is 6.04. The topological polar surface area (TPSA) is 62.5 Å². The van der Waals surface area contributed by atoms with E-state index in [1.54, 1.807) is 6.07 Å². The summed E-state index contributed by atoms with van der Waals surface area (Å²) in [5, 5.41) is 20.0. The van der Waals surface area contributed by atoms with Crippen LogP contribution in [-0.4, -0.2) is 27.4 Å². The van der Waals surface area contributed by atoms with Crippen LogP contribution < -0.4 is 0 Å². The maximum Gasteiger partial charge on any atom is 0.337 e. The van der Waals surface area contributed by atoms with Crippen molar-refractivity contribution in [3.05, 3.63) is 34.5 Å². The fourth-order valence-corrected chi connectivity index (χ4v) is 3.27. The van der Waals surface area contributed by atoms with Crippen molar-refractivity contribution in [1.29, 1.82) is 0 Å². The van der Waals surface area contributed by atoms with E-state index in [0.29, 0.717) is 18.0 Å². The monoisotopic (exact) mass is 303 g/mol. The minimum Gasteiger partial charge on any atom is -0.478 e. The second-order valence-electron chi connectivity index (χ2n) is 6.45. The number of aromatic nitrogens is 1. The van der Waals surface area contributed by atoms with Crippen molar-refractivity contribution in [2.75, 3.05) is 6.61 Å². The highest BCUT2D eigenvalue weighted by Gasteiger charge is 2.22. The summed E-state index contributed by atoms with van der Waals surface area (Å²) in [6.07, 6.45) is 0. The van der Waals surface area contributed by atoms with Crippen molar-refractivity contribution < 1.29 is 15.0 Å². The van der Waals surface area contributed by atoms with Gasteiger partial charge in [0.25, 0.3) is 0 Å². The zero-order chi connectivity index (χ0) is 16.6. The van der Waals surface area contributed by atoms with Gasteiger partial charge >= 0.3 is 5.97 Å². The zero-order valence-electron chi connectivity index (χ0n) is 14.0. The van der Waals surface area contributed by atoms with Crippen LogP contribution in [0.25, 0.3) is 10.9 Å². The van der Waals surface area contributed by atoms with Crippen molar-refractivity contribution >= 4 is 16.9 Å². The number of carboxylic acids is 1. The number of aliphatic hydroxyl groups is 1. The lowest BCUT2D eigenvalue weighted by molar-refractivity contribution is 0.0698. The van der Waals surface area contributed by atoms with E-state index in [1.807, 2.05) is 11.5 Å². The van der Waals surface area contributed by atoms with Crippen molar-refractivity contribution in [2.24, 2.45) is 0 Å². The number of rotatable bonds is 5. The van der Waals surface area contributed by atoms with Gasteiger partial charge in [0, 0.05) is 17.6 Å². The molecular formula is C18H25NO3. The van der Waals surface area contributed by atoms with Crippen LogP contribution in [0.5, 0.6) is 0 Å². The summed E-state index contributed by atoms with van der Waals surface area (Å²) in [6, 6.07) is 3.88. The van der Waals surface area contributed by atoms with Gasteiger partial charge in [0.1, 0.15) is 0 Å². The molecule has 0 aliphatic carbocycles. The zero-order valence-corrected chi connectivity index (χ0v) is 14.0. The van der Waals surface area contributed by atoms with Crippen LogP contribution in [-0.2, 0) is 6.54 Å². The minimum atomic E-state index is -0.917. The van der Waals surface area contributed by atoms with Gasteiger partial charge in [-0.1, -0.05) is 27.7 Å². The normalized spacial score (nSPS) is 11.8. The number of aromatic carboxylic acids is 1. The molecule has 0 bridgehead atoms. The lowest BCUT2D eigenvalue weighted by atomic mass is 9.93. The quantitative estimate of drug-likeness (QED) is 0.881. The molecule has 0 atom stereocenters. The van der Waals surface area contributed by atoms with Gasteiger partial charge in [-0.2, -0.15) is 0 Å². The molecule has 0 aliphatic rings. The summed E-state index contributed by atoms with van der Waals surface area (Å²) in [4.78, 5) is 11.8. The van der Waals surface area contributed by atoms with Gasteiger partial charge in [-0.25, -0.2) is 4.79 Å². The molecule has 1 aromatic carbocycles. The molecule has 2 rings (SSSR count). The molecule has 4 heteroatoms. The Morgan fingerprint density at radius 2 is 1.82 bits per heavy atom. The smallest absolute Gasteiger partial charge is 0.337 e. The molecule has 0 radical (unpaired) electrons. The molecule has 2 N–H and O–H groups in total. The van der Waals surface area contributed by atoms with Gasteiger partial charge < -0.3 is 14.8 Å². The Balaban J connectivity index is 2.96. The summed E-state index contributed by atoms with van der Waals surface area (Å²) >= 11 is 0. The standard InChI is InChI=1S/C18H25NO3/c1-10(2)13-8-14-16(11(3)4)12(5)19(6-7-20)17(14)15(9-13)18(21)22/h8-11,20H,6-7H2,1-5H3,(H,21,22). The van der Waals surface area contributed by atoms with E-state index >= 15 is 0 Å². The predicted molar refractivity (Wildman–Crippen MR) is 88.9 cm³/mol. The van der Waals surface area contributed by atoms with Gasteiger partial charge in [0.2, 0.25) is 0 Å². The largest absolute Gasteiger partial charge is 0.478 e. The van der Waals surface area contributed by atoms with E-state index in [-0.39, 0.29) is 12.5 Å². The lowest BCUT2D eigenvalue weighted by Gasteiger charge is -2.11. The number of carboxylic acid groups (broad SMARTS) is 1. The number of carbonyl (C=O) groups is 1. The maximum atomic E-state index is 11.8. The third kappa shape index (κ3) is 2.63. The third-order valence-electron chi connectivity index (χ3n) is 4.29. The van der Waals surface area contributed by atoms with Crippen LogP contribution in [0, 0.1) is 6.92 Å². The third-order valence-corrected chi connectivity index (χ3v) is 4.29. The van der Waals surface area contributed by atoms with Gasteiger partial charge in [-0.15, -0.1) is 0 Å². The first-order chi connectivity index (χ1) is 10.3. The second-order valence-corrected chi connectivity index (χ2v) is 6.45. The molecule has 0 unspecified atom stereocenters. The van der Waals surface area contributed by atoms with Crippen LogP contribution in [0.3, 0.4) is 0 Å². The Morgan fingerprint density at radius 3 is 2.27 bits per heavy atom. The Hall–Kier alpha value is -1.81. The van der Waals surface area contributed by atoms with E-state index < -0.39 is 5.97 Å². The molecule has 0 amide bonds. The molecule has 0 spiro atoms. The number of nitrogens with zero attached hydrogens (tertiary/aromatic N) is 1. The summed E-state index contributed by atoms with van der Waals surface area (Å²) in [5.74, 6) is -0.352. The highest BCUT2D eigenvalue weighted by Crippen LogP contribution is 2.36. The van der Waals surface area contributed by atoms with E-state index in [4.69, 9.17) is 0 Å². The molecule has 0 aliphatic heterocycles. The van der Waals surface area contributed by atoms with Gasteiger partial charge in [-0.05, 0) is 42.0 Å². The Labute approximate surface area is 131 Å². The average molecular weight is 303 g/mol. The van der Waals surface area contributed by atoms with Crippen LogP contribution in [0.2, 0.25) is 0 Å². The number of hydrogen-bond donors (Lipinski definition) is 2. The Bertz CT molecular complexity index is 711. The summed E-state index contributed by atoms with van der Waals surface area (Å²) in [5.41, 5.74) is 4.31. The maximum absolute atomic E-state index is 11.8. The van der Waals surface area contributed by atoms with Gasteiger partial charge in [0.05, 0.1) is 17.7 Å². The first kappa shape index (κ1) is 16.6. The first-order valence-electron chi connectivity index (χ1n) is 7.80. The number of aliphatic hydroxyl groups excluding tert-OH is 1. The molecule has 4 nitrogen and oxygen atoms in total. The molecule has 0 saturated heterocycles. The van der Waals surface area contributed by atoms with Gasteiger partial charge in [-0.3, -0.25) is 0 Å². The fraction of sp³-hybridized carbons (Fsp3) is 0.500. The molecule has 22 heavy (non-hydrogen) atoms. The fourth-order valence-electron chi connectivity index (χ4n) is 3.27. The Morgan fingerprint density at radius 1 is 1.18 bits per heavy atom. The molecule has 0 saturated carbocycles. The summed E-state index contributed by atoms with van der Waals surface area (Å²) in [6.45, 7) is 10.8. The summed E-state index contributed by atoms with van der Waals surface area (Å²) in [7, 11) is 0. The van der Waals surface area contributed by atoms with Crippen molar-refractivity contribution in [3.8, 4) is 0 Å². The van der Waals surface area contributed by atoms with Crippen LogP contribution >= 0.6 is 0 Å². The molecule has 0 fully saturated rings. The van der Waals surface area contributed by atoms with E-state index in [9.17, 15) is 15.0 Å². The van der Waals surface area contributed by atoms with E-state index in [0.717, 1.165) is 22.2 Å². The SMILES string of the molecule is Cc1c(C(C)C)c2cc(C(C)C)cc(C(=O)O)c2n1CCO. The van der Waals surface area contributed by atoms with Crippen LogP contribution in [0.15, 0.2) is 12.1 Å². The number of benzene rings is 1. The molecular weight excluding hydrogens is 278 g/mol. The first-order valence-corrected chi connectivity index (χ1v) is 7.80. The lowest BCUT2D eigenvalue weighted by Crippen LogP contribution is -2.08. The van der Waals surface area contributed by atoms with Crippen molar-refractivity contribution in [1.82, 2.24) is 4.57 Å². The molecule has 1 aromatic heterocycles. The molecule has 1 heterocycles. The second kappa shape index (κ2) is 6.13. The molecule has 2 aromatic rings. The summed E-state index contributed by atoms with van der Waals surface area (Å²) < 4.78 is 1.94. The number of fused-ring (bicyclic) bond motifs is 1. The number of hydrogen-bond acceptors (Lipinski definition) is 2. The average Bonchev–Trinajstić information content (AvgIpc) is 2.70. The van der Waals surface area contributed by atoms with Crippen LogP contribution in [0.1, 0.15) is 66.7 Å². The van der Waals surface area contributed by atoms with E-state index in [1.165, 1.54) is 5.56 Å². The minimum absolute atomic E-state index is 0.00680. The van der Waals surface area contributed by atoms with Gasteiger partial charge in [0.15, 0.2) is 0 Å². The van der Waals surface area contributed by atoms with Crippen LogP contribution in [0.4, 0.5) is 0 Å².